The molecule has 0 saturated heterocycles. The molecule has 0 aromatic carbocycles. The van der Waals surface area contributed by atoms with Crippen molar-refractivity contribution in [3.05, 3.63) is 16.0 Å². The Labute approximate surface area is 144 Å². The van der Waals surface area contributed by atoms with Crippen LogP contribution in [0.25, 0.3) is 0 Å². The minimum Gasteiger partial charge on any atom is -0.481 e. The summed E-state index contributed by atoms with van der Waals surface area (Å²) in [4.78, 5) is 36.4. The van der Waals surface area contributed by atoms with Crippen LogP contribution in [-0.4, -0.2) is 28.9 Å². The summed E-state index contributed by atoms with van der Waals surface area (Å²) in [5.74, 6) is -1.22. The standard InChI is InChI=1S/C17H22N2O4S/c20-13(6-3-7-14(21)22)19-17-15(16(23)18-10-8-9-10)11-4-1-2-5-12(11)24-17/h10H,1-9H2,(H,18,23)(H,19,20)(H,21,22). The van der Waals surface area contributed by atoms with E-state index in [9.17, 15) is 14.4 Å². The largest absolute Gasteiger partial charge is 0.481 e. The first-order valence-corrected chi connectivity index (χ1v) is 9.33. The monoisotopic (exact) mass is 350 g/mol. The van der Waals surface area contributed by atoms with Crippen LogP contribution in [0.5, 0.6) is 0 Å². The van der Waals surface area contributed by atoms with E-state index in [1.165, 1.54) is 16.2 Å². The minimum absolute atomic E-state index is 0.0244. The number of aryl methyl sites for hydroxylation is 1. The van der Waals surface area contributed by atoms with Gasteiger partial charge in [-0.3, -0.25) is 14.4 Å². The summed E-state index contributed by atoms with van der Waals surface area (Å²) in [6.07, 6.45) is 6.50. The topological polar surface area (TPSA) is 95.5 Å². The zero-order valence-corrected chi connectivity index (χ0v) is 14.3. The van der Waals surface area contributed by atoms with Crippen LogP contribution in [0, 0.1) is 0 Å². The summed E-state index contributed by atoms with van der Waals surface area (Å²) in [5, 5.41) is 15.1. The number of carboxylic acid groups (broad SMARTS) is 1. The highest BCUT2D eigenvalue weighted by molar-refractivity contribution is 7.17. The van der Waals surface area contributed by atoms with E-state index in [2.05, 4.69) is 10.6 Å². The number of hydrogen-bond donors (Lipinski definition) is 3. The molecular formula is C17H22N2O4S. The van der Waals surface area contributed by atoms with Gasteiger partial charge in [0.15, 0.2) is 0 Å². The highest BCUT2D eigenvalue weighted by Gasteiger charge is 2.30. The molecular weight excluding hydrogens is 328 g/mol. The molecule has 2 amide bonds. The van der Waals surface area contributed by atoms with Gasteiger partial charge in [-0.15, -0.1) is 11.3 Å². The van der Waals surface area contributed by atoms with Crippen molar-refractivity contribution in [2.45, 2.75) is 63.8 Å². The number of rotatable bonds is 7. The van der Waals surface area contributed by atoms with E-state index in [4.69, 9.17) is 5.11 Å². The first-order chi connectivity index (χ1) is 11.5. The SMILES string of the molecule is O=C(O)CCCC(=O)Nc1sc2c(c1C(=O)NC1CC1)CCCC2. The van der Waals surface area contributed by atoms with Crippen LogP contribution in [-0.2, 0) is 22.4 Å². The first kappa shape index (κ1) is 17.0. The Bertz CT molecular complexity index is 664. The molecule has 2 aliphatic rings. The third-order valence-corrected chi connectivity index (χ3v) is 5.57. The number of hydrogen-bond acceptors (Lipinski definition) is 4. The van der Waals surface area contributed by atoms with E-state index in [0.717, 1.165) is 44.1 Å². The Morgan fingerprint density at radius 1 is 1.12 bits per heavy atom. The van der Waals surface area contributed by atoms with Crippen molar-refractivity contribution in [3.63, 3.8) is 0 Å². The lowest BCUT2D eigenvalue weighted by atomic mass is 9.95. The molecule has 24 heavy (non-hydrogen) atoms. The number of nitrogens with one attached hydrogen (secondary N) is 2. The smallest absolute Gasteiger partial charge is 0.303 e. The number of anilines is 1. The van der Waals surface area contributed by atoms with Gasteiger partial charge in [0.25, 0.3) is 5.91 Å². The predicted octanol–water partition coefficient (Wildman–Crippen LogP) is 2.71. The van der Waals surface area contributed by atoms with Gasteiger partial charge in [-0.1, -0.05) is 0 Å². The Kier molecular flexibility index (Phi) is 5.18. The lowest BCUT2D eigenvalue weighted by Gasteiger charge is -2.13. The summed E-state index contributed by atoms with van der Waals surface area (Å²) < 4.78 is 0. The van der Waals surface area contributed by atoms with E-state index in [0.29, 0.717) is 17.0 Å². The first-order valence-electron chi connectivity index (χ1n) is 8.51. The van der Waals surface area contributed by atoms with Gasteiger partial charge in [0.1, 0.15) is 5.00 Å². The lowest BCUT2D eigenvalue weighted by molar-refractivity contribution is -0.137. The van der Waals surface area contributed by atoms with Gasteiger partial charge in [-0.25, -0.2) is 0 Å². The van der Waals surface area contributed by atoms with Crippen molar-refractivity contribution >= 4 is 34.1 Å². The van der Waals surface area contributed by atoms with E-state index in [-0.39, 0.29) is 30.7 Å². The van der Waals surface area contributed by atoms with Gasteiger partial charge >= 0.3 is 5.97 Å². The molecule has 1 heterocycles. The van der Waals surface area contributed by atoms with Crippen molar-refractivity contribution in [2.24, 2.45) is 0 Å². The maximum atomic E-state index is 12.6. The summed E-state index contributed by atoms with van der Waals surface area (Å²) >= 11 is 1.50. The fourth-order valence-electron chi connectivity index (χ4n) is 2.97. The molecule has 1 fully saturated rings. The Hall–Kier alpha value is -1.89. The van der Waals surface area contributed by atoms with E-state index in [1.54, 1.807) is 0 Å². The van der Waals surface area contributed by atoms with E-state index < -0.39 is 5.97 Å². The number of carbonyl (C=O) groups is 3. The van der Waals surface area contributed by atoms with E-state index in [1.807, 2.05) is 0 Å². The van der Waals surface area contributed by atoms with Gasteiger partial charge in [0.05, 0.1) is 5.56 Å². The molecule has 0 bridgehead atoms. The third-order valence-electron chi connectivity index (χ3n) is 4.36. The number of aliphatic carboxylic acids is 1. The van der Waals surface area contributed by atoms with Gasteiger partial charge in [-0.2, -0.15) is 0 Å². The number of fused-ring (bicyclic) bond motifs is 1. The highest BCUT2D eigenvalue weighted by Crippen LogP contribution is 2.38. The molecule has 3 rings (SSSR count). The van der Waals surface area contributed by atoms with Crippen LogP contribution in [0.2, 0.25) is 0 Å². The quantitative estimate of drug-likeness (QED) is 0.704. The predicted molar refractivity (Wildman–Crippen MR) is 91.6 cm³/mol. The third kappa shape index (κ3) is 4.14. The van der Waals surface area contributed by atoms with Gasteiger partial charge in [-0.05, 0) is 50.5 Å². The second-order valence-corrected chi connectivity index (χ2v) is 7.56. The molecule has 3 N–H and O–H groups in total. The Morgan fingerprint density at radius 2 is 1.88 bits per heavy atom. The normalized spacial score (nSPS) is 16.3. The fraction of sp³-hybridized carbons (Fsp3) is 0.588. The van der Waals surface area contributed by atoms with Gasteiger partial charge in [0.2, 0.25) is 5.91 Å². The Balaban J connectivity index is 1.73. The van der Waals surface area contributed by atoms with Gasteiger partial charge < -0.3 is 15.7 Å². The van der Waals surface area contributed by atoms with Crippen molar-refractivity contribution in [1.82, 2.24) is 5.32 Å². The van der Waals surface area contributed by atoms with Crippen molar-refractivity contribution in [3.8, 4) is 0 Å². The zero-order chi connectivity index (χ0) is 17.1. The van der Waals surface area contributed by atoms with Crippen LogP contribution in [0.15, 0.2) is 0 Å². The zero-order valence-electron chi connectivity index (χ0n) is 13.5. The molecule has 0 unspecified atom stereocenters. The maximum Gasteiger partial charge on any atom is 0.303 e. The molecule has 7 heteroatoms. The summed E-state index contributed by atoms with van der Waals surface area (Å²) in [6, 6.07) is 0.274. The molecule has 6 nitrogen and oxygen atoms in total. The lowest BCUT2D eigenvalue weighted by Crippen LogP contribution is -2.27. The maximum absolute atomic E-state index is 12.6. The second-order valence-electron chi connectivity index (χ2n) is 6.46. The van der Waals surface area contributed by atoms with Crippen LogP contribution < -0.4 is 10.6 Å². The van der Waals surface area contributed by atoms with Crippen LogP contribution in [0.3, 0.4) is 0 Å². The van der Waals surface area contributed by atoms with Crippen molar-refractivity contribution in [1.29, 1.82) is 0 Å². The minimum atomic E-state index is -0.904. The van der Waals surface area contributed by atoms with Crippen LogP contribution in [0.4, 0.5) is 5.00 Å². The molecule has 0 atom stereocenters. The average molecular weight is 350 g/mol. The number of amides is 2. The van der Waals surface area contributed by atoms with Crippen molar-refractivity contribution < 1.29 is 19.5 Å². The summed E-state index contributed by atoms with van der Waals surface area (Å²) in [5.41, 5.74) is 1.72. The molecule has 0 aliphatic heterocycles. The summed E-state index contributed by atoms with van der Waals surface area (Å²) in [7, 11) is 0. The van der Waals surface area contributed by atoms with E-state index >= 15 is 0 Å². The molecule has 1 aromatic rings. The molecule has 1 aromatic heterocycles. The molecule has 0 spiro atoms. The fourth-order valence-corrected chi connectivity index (χ4v) is 4.27. The second kappa shape index (κ2) is 7.34. The molecule has 0 radical (unpaired) electrons. The average Bonchev–Trinajstić information content (AvgIpc) is 3.25. The van der Waals surface area contributed by atoms with Crippen LogP contribution in [0.1, 0.15) is 65.7 Å². The Morgan fingerprint density at radius 3 is 2.58 bits per heavy atom. The van der Waals surface area contributed by atoms with Crippen LogP contribution >= 0.6 is 11.3 Å². The summed E-state index contributed by atoms with van der Waals surface area (Å²) in [6.45, 7) is 0. The molecule has 130 valence electrons. The number of carbonyl (C=O) groups excluding carboxylic acids is 2. The number of carboxylic acids is 1. The highest BCUT2D eigenvalue weighted by atomic mass is 32.1. The molecule has 2 aliphatic carbocycles. The number of thiophene rings is 1. The molecule has 1 saturated carbocycles. The van der Waals surface area contributed by atoms with Crippen molar-refractivity contribution in [2.75, 3.05) is 5.32 Å². The van der Waals surface area contributed by atoms with Gasteiger partial charge in [0, 0.05) is 23.8 Å².